The van der Waals surface area contributed by atoms with E-state index in [2.05, 4.69) is 14.7 Å². The number of phosphoric acid groups is 1. The van der Waals surface area contributed by atoms with Gasteiger partial charge in [0.15, 0.2) is 18.3 Å². The summed E-state index contributed by atoms with van der Waals surface area (Å²) in [6.07, 6.45) is 3.38. The van der Waals surface area contributed by atoms with Gasteiger partial charge in [0.25, 0.3) is 19.5 Å². The van der Waals surface area contributed by atoms with E-state index in [4.69, 9.17) is 19.9 Å². The fourth-order valence-electron chi connectivity index (χ4n) is 2.98. The van der Waals surface area contributed by atoms with Gasteiger partial charge in [-0.05, 0) is 42.0 Å². The average Bonchev–Trinajstić information content (AvgIpc) is 3.23. The molecule has 0 saturated carbocycles. The first-order valence-corrected chi connectivity index (χ1v) is 11.1. The maximum Gasteiger partial charge on any atom is 0.285 e. The maximum atomic E-state index is 13.7. The van der Waals surface area contributed by atoms with Crippen LogP contribution in [0.3, 0.4) is 0 Å². The van der Waals surface area contributed by atoms with E-state index < -0.39 is 20.4 Å². The molecule has 3 heterocycles. The quantitative estimate of drug-likeness (QED) is 0.292. The van der Waals surface area contributed by atoms with Gasteiger partial charge in [0.05, 0.1) is 11.9 Å². The molecule has 33 heavy (non-hydrogen) atoms. The largest absolute Gasteiger partial charge is 0.756 e. The summed E-state index contributed by atoms with van der Waals surface area (Å²) in [5, 5.41) is 4.05. The van der Waals surface area contributed by atoms with Crippen LogP contribution in [0.25, 0.3) is 11.3 Å². The normalized spacial score (nSPS) is 12.9. The molecule has 0 aliphatic heterocycles. The summed E-state index contributed by atoms with van der Waals surface area (Å²) < 4.78 is 41.0. The van der Waals surface area contributed by atoms with Gasteiger partial charge in [-0.3, -0.25) is 14.8 Å². The Hall–Kier alpha value is -3.63. The summed E-state index contributed by atoms with van der Waals surface area (Å²) in [5.41, 5.74) is 8.07. The smallest absolute Gasteiger partial charge is 0.285 e. The van der Waals surface area contributed by atoms with Crippen molar-refractivity contribution in [2.45, 2.75) is 13.2 Å². The molecule has 0 radical (unpaired) electrons. The molecule has 170 valence electrons. The number of phosphoric ester groups is 1. The minimum absolute atomic E-state index is 0.105. The van der Waals surface area contributed by atoms with Crippen LogP contribution >= 0.6 is 7.82 Å². The number of aromatic nitrogens is 3. The summed E-state index contributed by atoms with van der Waals surface area (Å²) in [6, 6.07) is 14.7. The Morgan fingerprint density at radius 2 is 2.00 bits per heavy atom. The Labute approximate surface area is 187 Å². The first-order chi connectivity index (χ1) is 15.8. The van der Waals surface area contributed by atoms with E-state index in [1.807, 2.05) is 12.1 Å². The number of nitrogens with zero attached hydrogens (tertiary/aromatic N) is 3. The van der Waals surface area contributed by atoms with Crippen molar-refractivity contribution in [2.75, 3.05) is 5.73 Å². The van der Waals surface area contributed by atoms with Crippen LogP contribution in [-0.2, 0) is 22.2 Å². The van der Waals surface area contributed by atoms with Crippen LogP contribution in [0.15, 0.2) is 71.5 Å². The molecule has 0 aliphatic rings. The Kier molecular flexibility index (Phi) is 6.47. The van der Waals surface area contributed by atoms with Crippen LogP contribution in [0, 0.1) is 5.82 Å². The van der Waals surface area contributed by atoms with Crippen molar-refractivity contribution in [3.8, 4) is 23.0 Å². The van der Waals surface area contributed by atoms with Crippen molar-refractivity contribution in [3.63, 3.8) is 0 Å². The molecule has 0 fully saturated rings. The fourth-order valence-corrected chi connectivity index (χ4v) is 3.25. The lowest BCUT2D eigenvalue weighted by Crippen LogP contribution is -2.38. The zero-order valence-electron chi connectivity index (χ0n) is 17.0. The van der Waals surface area contributed by atoms with Gasteiger partial charge in [-0.15, -0.1) is 0 Å². The van der Waals surface area contributed by atoms with Crippen molar-refractivity contribution in [2.24, 2.45) is 0 Å². The molecule has 10 nitrogen and oxygen atoms in total. The number of ether oxygens (including phenoxy) is 1. The predicted molar refractivity (Wildman–Crippen MR) is 111 cm³/mol. The highest BCUT2D eigenvalue weighted by Gasteiger charge is 2.18. The first-order valence-electron chi connectivity index (χ1n) is 9.58. The molecule has 1 aromatic carbocycles. The molecule has 4 aromatic rings. The number of anilines is 1. The topological polar surface area (TPSA) is 148 Å². The molecular formula is C21H18FN4O6P. The number of halogens is 1. The van der Waals surface area contributed by atoms with Crippen LogP contribution in [-0.4, -0.2) is 15.0 Å². The average molecular weight is 472 g/mol. The Morgan fingerprint density at radius 3 is 2.73 bits per heavy atom. The highest BCUT2D eigenvalue weighted by Crippen LogP contribution is 2.31. The first kappa shape index (κ1) is 22.6. The van der Waals surface area contributed by atoms with E-state index >= 15 is 0 Å². The second kappa shape index (κ2) is 9.47. The van der Waals surface area contributed by atoms with Crippen LogP contribution in [0.4, 0.5) is 10.2 Å². The third-order valence-electron chi connectivity index (χ3n) is 4.55. The molecule has 4 rings (SSSR count). The highest BCUT2D eigenvalue weighted by molar-refractivity contribution is 7.44. The Morgan fingerprint density at radius 1 is 1.21 bits per heavy atom. The summed E-state index contributed by atoms with van der Waals surface area (Å²) in [6.45, 7) is -0.491. The number of hydrogen-bond acceptors (Lipinski definition) is 8. The number of rotatable bonds is 8. The van der Waals surface area contributed by atoms with E-state index in [1.165, 1.54) is 29.1 Å². The molecular weight excluding hydrogens is 454 g/mol. The van der Waals surface area contributed by atoms with Crippen LogP contribution in [0.5, 0.6) is 11.6 Å². The molecule has 3 aromatic heterocycles. The zero-order chi connectivity index (χ0) is 23.4. The van der Waals surface area contributed by atoms with Gasteiger partial charge in [0, 0.05) is 18.7 Å². The summed E-state index contributed by atoms with van der Waals surface area (Å²) >= 11 is 0. The lowest BCUT2D eigenvalue weighted by atomic mass is 10.1. The van der Waals surface area contributed by atoms with Crippen LogP contribution < -0.4 is 19.9 Å². The zero-order valence-corrected chi connectivity index (χ0v) is 17.9. The summed E-state index contributed by atoms with van der Waals surface area (Å²) in [5.74, 6) is 0.315. The Balaban J connectivity index is 1.45. The molecule has 12 heteroatoms. The molecule has 0 spiro atoms. The molecule has 1 atom stereocenters. The van der Waals surface area contributed by atoms with Gasteiger partial charge >= 0.3 is 0 Å². The molecule has 0 saturated heterocycles. The van der Waals surface area contributed by atoms with Gasteiger partial charge in [0.2, 0.25) is 0 Å². The van der Waals surface area contributed by atoms with E-state index in [-0.39, 0.29) is 11.7 Å². The third-order valence-corrected chi connectivity index (χ3v) is 4.99. The van der Waals surface area contributed by atoms with Crippen molar-refractivity contribution >= 4 is 13.6 Å². The molecule has 0 amide bonds. The van der Waals surface area contributed by atoms with Crippen molar-refractivity contribution < 1.29 is 37.1 Å². The number of pyridine rings is 2. The van der Waals surface area contributed by atoms with Crippen LogP contribution in [0.2, 0.25) is 0 Å². The maximum absolute atomic E-state index is 13.7. The molecule has 0 aliphatic carbocycles. The van der Waals surface area contributed by atoms with Gasteiger partial charge in [-0.2, -0.15) is 0 Å². The van der Waals surface area contributed by atoms with E-state index in [0.717, 1.165) is 5.56 Å². The SMILES string of the molecule is Nc1c(-c2cc(Cc3ccc(Oc4ncccc4F)cc3)no2)ccc[n+]1COP(=O)([O-])O. The predicted octanol–water partition coefficient (Wildman–Crippen LogP) is 2.56. The van der Waals surface area contributed by atoms with Gasteiger partial charge < -0.3 is 19.0 Å². The van der Waals surface area contributed by atoms with Gasteiger partial charge in [-0.25, -0.2) is 13.9 Å². The second-order valence-corrected chi connectivity index (χ2v) is 8.09. The number of benzene rings is 1. The molecule has 1 unspecified atom stereocenters. The standard InChI is InChI=1S/C21H18FN4O6P/c22-18-4-1-9-24-21(18)31-16-7-5-14(6-8-16)11-15-12-19(32-25-15)17-3-2-10-26(20(17)23)13-30-33(27,28)29/h1-10,12,23H,11,13H2,(H2,27,28,29). The Bertz CT molecular complexity index is 1310. The lowest BCUT2D eigenvalue weighted by Gasteiger charge is -2.14. The van der Waals surface area contributed by atoms with E-state index in [9.17, 15) is 13.8 Å². The van der Waals surface area contributed by atoms with E-state index in [0.29, 0.717) is 29.2 Å². The number of nitrogen functional groups attached to an aromatic ring is 1. The van der Waals surface area contributed by atoms with Gasteiger partial charge in [-0.1, -0.05) is 17.3 Å². The van der Waals surface area contributed by atoms with Crippen molar-refractivity contribution in [3.05, 3.63) is 84.1 Å². The molecule has 3 N–H and O–H groups in total. The second-order valence-electron chi connectivity index (χ2n) is 6.90. The fraction of sp³-hybridized carbons (Fsp3) is 0.0952. The monoisotopic (exact) mass is 472 g/mol. The summed E-state index contributed by atoms with van der Waals surface area (Å²) in [4.78, 5) is 23.4. The van der Waals surface area contributed by atoms with Crippen LogP contribution in [0.1, 0.15) is 11.3 Å². The highest BCUT2D eigenvalue weighted by atomic mass is 31.2. The van der Waals surface area contributed by atoms with Crippen molar-refractivity contribution in [1.82, 2.24) is 10.1 Å². The molecule has 0 bridgehead atoms. The van der Waals surface area contributed by atoms with Gasteiger partial charge in [0.1, 0.15) is 11.3 Å². The number of nitrogens with two attached hydrogens (primary N) is 1. The van der Waals surface area contributed by atoms with Crippen molar-refractivity contribution in [1.29, 1.82) is 0 Å². The number of hydrogen-bond donors (Lipinski definition) is 2. The lowest BCUT2D eigenvalue weighted by molar-refractivity contribution is -0.712. The minimum atomic E-state index is -4.89. The van der Waals surface area contributed by atoms with E-state index in [1.54, 1.807) is 30.3 Å². The minimum Gasteiger partial charge on any atom is -0.756 e. The summed E-state index contributed by atoms with van der Waals surface area (Å²) in [7, 11) is -4.89. The third kappa shape index (κ3) is 5.79.